The number of hydrogen-bond donors (Lipinski definition) is 2. The lowest BCUT2D eigenvalue weighted by Gasteiger charge is -2.13. The molecule has 0 radical (unpaired) electrons. The van der Waals surface area contributed by atoms with Crippen LogP contribution in [0.15, 0.2) is 34.7 Å². The van der Waals surface area contributed by atoms with Crippen LogP contribution in [0.2, 0.25) is 0 Å². The summed E-state index contributed by atoms with van der Waals surface area (Å²) in [6.45, 7) is 5.64. The minimum Gasteiger partial charge on any atom is -0.464 e. The molecule has 19 heavy (non-hydrogen) atoms. The number of hydrogen-bond acceptors (Lipinski definition) is 3. The lowest BCUT2D eigenvalue weighted by Crippen LogP contribution is -2.27. The van der Waals surface area contributed by atoms with Crippen LogP contribution in [0.5, 0.6) is 0 Å². The van der Waals surface area contributed by atoms with E-state index in [2.05, 4.69) is 5.32 Å². The average Bonchev–Trinajstić information content (AvgIpc) is 2.75. The maximum absolute atomic E-state index is 12.2. The van der Waals surface area contributed by atoms with Crippen LogP contribution >= 0.6 is 0 Å². The third-order valence-electron chi connectivity index (χ3n) is 3.03. The number of carbonyl (C=O) groups excluding carboxylic acids is 1. The lowest BCUT2D eigenvalue weighted by atomic mass is 10.1. The molecular formula is C15H18N2O2. The molecule has 1 atom stereocenters. The van der Waals surface area contributed by atoms with Crippen molar-refractivity contribution >= 4 is 11.6 Å². The van der Waals surface area contributed by atoms with E-state index in [4.69, 9.17) is 10.2 Å². The van der Waals surface area contributed by atoms with Gasteiger partial charge in [-0.1, -0.05) is 0 Å². The highest BCUT2D eigenvalue weighted by atomic mass is 16.3. The topological polar surface area (TPSA) is 68.3 Å². The Balaban J connectivity index is 2.12. The number of carbonyl (C=O) groups is 1. The van der Waals surface area contributed by atoms with E-state index >= 15 is 0 Å². The van der Waals surface area contributed by atoms with Gasteiger partial charge in [-0.25, -0.2) is 0 Å². The quantitative estimate of drug-likeness (QED) is 0.832. The summed E-state index contributed by atoms with van der Waals surface area (Å²) in [6.07, 6.45) is 0. The Morgan fingerprint density at radius 1 is 1.26 bits per heavy atom. The Kier molecular flexibility index (Phi) is 3.60. The number of nitrogens with one attached hydrogen (secondary N) is 1. The summed E-state index contributed by atoms with van der Waals surface area (Å²) in [7, 11) is 0. The van der Waals surface area contributed by atoms with Crippen LogP contribution in [0, 0.1) is 13.8 Å². The third kappa shape index (κ3) is 2.96. The van der Waals surface area contributed by atoms with Gasteiger partial charge in [-0.2, -0.15) is 0 Å². The van der Waals surface area contributed by atoms with E-state index in [-0.39, 0.29) is 11.9 Å². The molecule has 0 bridgehead atoms. The smallest absolute Gasteiger partial charge is 0.252 e. The Morgan fingerprint density at radius 3 is 2.58 bits per heavy atom. The van der Waals surface area contributed by atoms with Crippen molar-refractivity contribution < 1.29 is 9.21 Å². The van der Waals surface area contributed by atoms with Gasteiger partial charge >= 0.3 is 0 Å². The zero-order valence-corrected chi connectivity index (χ0v) is 11.4. The molecule has 3 N–H and O–H groups in total. The fourth-order valence-corrected chi connectivity index (χ4v) is 1.97. The van der Waals surface area contributed by atoms with Gasteiger partial charge in [0, 0.05) is 11.3 Å². The Hall–Kier alpha value is -2.23. The normalized spacial score (nSPS) is 12.2. The zero-order valence-electron chi connectivity index (χ0n) is 11.4. The standard InChI is InChI=1S/C15H18N2O2/c1-9-8-12(16)5-6-13(9)15(18)17-11(3)14-7-4-10(2)19-14/h4-8,11H,16H2,1-3H3,(H,17,18). The summed E-state index contributed by atoms with van der Waals surface area (Å²) < 4.78 is 5.50. The fourth-order valence-electron chi connectivity index (χ4n) is 1.97. The van der Waals surface area contributed by atoms with Gasteiger partial charge in [0.2, 0.25) is 0 Å². The predicted molar refractivity (Wildman–Crippen MR) is 74.9 cm³/mol. The van der Waals surface area contributed by atoms with Gasteiger partial charge in [0.05, 0.1) is 6.04 Å². The summed E-state index contributed by atoms with van der Waals surface area (Å²) in [5.41, 5.74) is 7.82. The molecule has 0 spiro atoms. The first kappa shape index (κ1) is 13.2. The molecule has 0 aliphatic carbocycles. The van der Waals surface area contributed by atoms with Crippen molar-refractivity contribution in [3.05, 3.63) is 53.0 Å². The van der Waals surface area contributed by atoms with Crippen molar-refractivity contribution in [2.45, 2.75) is 26.8 Å². The highest BCUT2D eigenvalue weighted by Gasteiger charge is 2.15. The summed E-state index contributed by atoms with van der Waals surface area (Å²) >= 11 is 0. The molecule has 0 fully saturated rings. The molecule has 1 aromatic heterocycles. The van der Waals surface area contributed by atoms with Gasteiger partial charge in [-0.05, 0) is 56.7 Å². The Labute approximate surface area is 112 Å². The maximum Gasteiger partial charge on any atom is 0.252 e. The van der Waals surface area contributed by atoms with Crippen molar-refractivity contribution in [2.24, 2.45) is 0 Å². The summed E-state index contributed by atoms with van der Waals surface area (Å²) in [5.74, 6) is 1.46. The van der Waals surface area contributed by atoms with E-state index in [0.717, 1.165) is 17.1 Å². The molecule has 100 valence electrons. The molecular weight excluding hydrogens is 240 g/mol. The molecule has 4 nitrogen and oxygen atoms in total. The van der Waals surface area contributed by atoms with Gasteiger partial charge in [0.25, 0.3) is 5.91 Å². The third-order valence-corrected chi connectivity index (χ3v) is 3.03. The van der Waals surface area contributed by atoms with E-state index in [1.54, 1.807) is 18.2 Å². The second-order valence-corrected chi connectivity index (χ2v) is 4.72. The van der Waals surface area contributed by atoms with Gasteiger partial charge in [0.15, 0.2) is 0 Å². The SMILES string of the molecule is Cc1ccc(C(C)NC(=O)c2ccc(N)cc2C)o1. The number of benzene rings is 1. The molecule has 0 saturated carbocycles. The summed E-state index contributed by atoms with van der Waals surface area (Å²) in [6, 6.07) is 8.83. The predicted octanol–water partition coefficient (Wildman–Crippen LogP) is 2.97. The van der Waals surface area contributed by atoms with Gasteiger partial charge < -0.3 is 15.5 Å². The van der Waals surface area contributed by atoms with Crippen LogP contribution in [-0.2, 0) is 0 Å². The first-order valence-electron chi connectivity index (χ1n) is 6.20. The summed E-state index contributed by atoms with van der Waals surface area (Å²) in [5, 5.41) is 2.91. The number of amides is 1. The molecule has 0 aliphatic rings. The van der Waals surface area contributed by atoms with Crippen LogP contribution in [0.4, 0.5) is 5.69 Å². The molecule has 1 aromatic carbocycles. The highest BCUT2D eigenvalue weighted by Crippen LogP contribution is 2.18. The van der Waals surface area contributed by atoms with Crippen LogP contribution in [-0.4, -0.2) is 5.91 Å². The van der Waals surface area contributed by atoms with Crippen LogP contribution in [0.25, 0.3) is 0 Å². The second-order valence-electron chi connectivity index (χ2n) is 4.72. The second kappa shape index (κ2) is 5.18. The number of anilines is 1. The number of nitrogens with two attached hydrogens (primary N) is 1. The molecule has 2 rings (SSSR count). The van der Waals surface area contributed by atoms with Crippen molar-refractivity contribution in [3.63, 3.8) is 0 Å². The van der Waals surface area contributed by atoms with Crippen molar-refractivity contribution in [1.82, 2.24) is 5.32 Å². The van der Waals surface area contributed by atoms with E-state index < -0.39 is 0 Å². The number of aryl methyl sites for hydroxylation is 2. The molecule has 4 heteroatoms. The Bertz CT molecular complexity index is 602. The van der Waals surface area contributed by atoms with Crippen LogP contribution < -0.4 is 11.1 Å². The first-order chi connectivity index (χ1) is 8.97. The minimum atomic E-state index is -0.168. The molecule has 0 aliphatic heterocycles. The number of furan rings is 1. The van der Waals surface area contributed by atoms with E-state index in [9.17, 15) is 4.79 Å². The van der Waals surface area contributed by atoms with Gasteiger partial charge in [-0.15, -0.1) is 0 Å². The molecule has 0 saturated heterocycles. The average molecular weight is 258 g/mol. The highest BCUT2D eigenvalue weighted by molar-refractivity contribution is 5.96. The van der Waals surface area contributed by atoms with E-state index in [0.29, 0.717) is 11.3 Å². The monoisotopic (exact) mass is 258 g/mol. The lowest BCUT2D eigenvalue weighted by molar-refractivity contribution is 0.0934. The molecule has 1 unspecified atom stereocenters. The van der Waals surface area contributed by atoms with E-state index in [1.807, 2.05) is 32.9 Å². The fraction of sp³-hybridized carbons (Fsp3) is 0.267. The van der Waals surface area contributed by atoms with Crippen molar-refractivity contribution in [3.8, 4) is 0 Å². The molecule has 1 amide bonds. The Morgan fingerprint density at radius 2 is 2.00 bits per heavy atom. The van der Waals surface area contributed by atoms with Crippen molar-refractivity contribution in [2.75, 3.05) is 5.73 Å². The largest absolute Gasteiger partial charge is 0.464 e. The first-order valence-corrected chi connectivity index (χ1v) is 6.20. The maximum atomic E-state index is 12.2. The summed E-state index contributed by atoms with van der Waals surface area (Å²) in [4.78, 5) is 12.2. The van der Waals surface area contributed by atoms with Gasteiger partial charge in [-0.3, -0.25) is 4.79 Å². The minimum absolute atomic E-state index is 0.126. The van der Waals surface area contributed by atoms with Crippen LogP contribution in [0.1, 0.15) is 40.4 Å². The number of rotatable bonds is 3. The number of nitrogen functional groups attached to an aromatic ring is 1. The van der Waals surface area contributed by atoms with Crippen LogP contribution in [0.3, 0.4) is 0 Å². The van der Waals surface area contributed by atoms with Gasteiger partial charge in [0.1, 0.15) is 11.5 Å². The van der Waals surface area contributed by atoms with Crippen molar-refractivity contribution in [1.29, 1.82) is 0 Å². The zero-order chi connectivity index (χ0) is 14.0. The van der Waals surface area contributed by atoms with E-state index in [1.165, 1.54) is 0 Å². The molecule has 2 aromatic rings. The molecule has 1 heterocycles.